The van der Waals surface area contributed by atoms with Gasteiger partial charge in [-0.15, -0.1) is 0 Å². The van der Waals surface area contributed by atoms with E-state index in [1.54, 1.807) is 0 Å². The van der Waals surface area contributed by atoms with E-state index in [0.717, 1.165) is 35.8 Å². The number of hydrogen-bond acceptors (Lipinski definition) is 2. The first-order valence-electron chi connectivity index (χ1n) is 5.51. The van der Waals surface area contributed by atoms with Gasteiger partial charge in [-0.2, -0.15) is 0 Å². The van der Waals surface area contributed by atoms with E-state index in [0.29, 0.717) is 0 Å². The number of fused-ring (bicyclic) bond motifs is 1. The van der Waals surface area contributed by atoms with E-state index in [-0.39, 0.29) is 5.54 Å². The van der Waals surface area contributed by atoms with Crippen molar-refractivity contribution in [3.63, 3.8) is 0 Å². The van der Waals surface area contributed by atoms with Crippen LogP contribution in [0.1, 0.15) is 26.7 Å². The van der Waals surface area contributed by atoms with E-state index in [1.807, 2.05) is 18.2 Å². The molecule has 15 heavy (non-hydrogen) atoms. The monoisotopic (exact) mass is 224 g/mol. The number of anilines is 2. The van der Waals surface area contributed by atoms with Crippen LogP contribution in [0.25, 0.3) is 0 Å². The molecule has 1 heterocycles. The third-order valence-electron chi connectivity index (χ3n) is 3.35. The van der Waals surface area contributed by atoms with Crippen LogP contribution in [0, 0.1) is 0 Å². The summed E-state index contributed by atoms with van der Waals surface area (Å²) >= 11 is 5.95. The molecule has 0 amide bonds. The van der Waals surface area contributed by atoms with Crippen molar-refractivity contribution in [3.05, 3.63) is 23.2 Å². The highest BCUT2D eigenvalue weighted by Crippen LogP contribution is 2.34. The average molecular weight is 225 g/mol. The molecule has 3 heteroatoms. The molecule has 0 saturated carbocycles. The van der Waals surface area contributed by atoms with Crippen LogP contribution in [-0.2, 0) is 0 Å². The minimum absolute atomic E-state index is 0.195. The Hall–Kier alpha value is -0.890. The molecule has 0 bridgehead atoms. The second-order valence-corrected chi connectivity index (χ2v) is 4.59. The molecule has 1 aromatic carbocycles. The summed E-state index contributed by atoms with van der Waals surface area (Å²) in [6.07, 6.45) is 2.25. The quantitative estimate of drug-likeness (QED) is 0.800. The van der Waals surface area contributed by atoms with Gasteiger partial charge in [0.25, 0.3) is 0 Å². The molecule has 0 unspecified atom stereocenters. The van der Waals surface area contributed by atoms with Crippen LogP contribution in [0.15, 0.2) is 18.2 Å². The Morgan fingerprint density at radius 2 is 2.00 bits per heavy atom. The molecule has 0 fully saturated rings. The van der Waals surface area contributed by atoms with Gasteiger partial charge in [-0.05, 0) is 31.0 Å². The number of hydrogen-bond donors (Lipinski definition) is 2. The summed E-state index contributed by atoms with van der Waals surface area (Å²) in [5.74, 6) is 0. The van der Waals surface area contributed by atoms with Crippen LogP contribution >= 0.6 is 11.6 Å². The van der Waals surface area contributed by atoms with E-state index in [2.05, 4.69) is 24.5 Å². The zero-order chi connectivity index (χ0) is 10.9. The molecular formula is C12H17ClN2. The van der Waals surface area contributed by atoms with Gasteiger partial charge in [-0.1, -0.05) is 25.4 Å². The van der Waals surface area contributed by atoms with Crippen LogP contribution in [0.2, 0.25) is 5.02 Å². The van der Waals surface area contributed by atoms with Crippen molar-refractivity contribution in [2.24, 2.45) is 0 Å². The summed E-state index contributed by atoms with van der Waals surface area (Å²) in [7, 11) is 0. The van der Waals surface area contributed by atoms with E-state index in [1.165, 1.54) is 0 Å². The Morgan fingerprint density at radius 3 is 2.67 bits per heavy atom. The molecule has 0 spiro atoms. The number of halogens is 1. The summed E-state index contributed by atoms with van der Waals surface area (Å²) in [6.45, 7) is 5.41. The van der Waals surface area contributed by atoms with Gasteiger partial charge in [0, 0.05) is 11.6 Å². The molecule has 0 radical (unpaired) electrons. The smallest absolute Gasteiger partial charge is 0.0591 e. The normalized spacial score (nSPS) is 17.5. The molecule has 2 nitrogen and oxygen atoms in total. The summed E-state index contributed by atoms with van der Waals surface area (Å²) in [4.78, 5) is 0. The van der Waals surface area contributed by atoms with Gasteiger partial charge in [0.05, 0.1) is 16.9 Å². The molecule has 82 valence electrons. The van der Waals surface area contributed by atoms with Crippen molar-refractivity contribution < 1.29 is 0 Å². The second kappa shape index (κ2) is 3.93. The molecule has 1 aromatic rings. The van der Waals surface area contributed by atoms with Gasteiger partial charge in [-0.3, -0.25) is 0 Å². The van der Waals surface area contributed by atoms with E-state index < -0.39 is 0 Å². The Bertz CT molecular complexity index is 359. The fourth-order valence-corrected chi connectivity index (χ4v) is 2.21. The topological polar surface area (TPSA) is 24.1 Å². The fraction of sp³-hybridized carbons (Fsp3) is 0.500. The Balaban J connectivity index is 2.30. The second-order valence-electron chi connectivity index (χ2n) is 4.16. The SMILES string of the molecule is CCC1(CC)CNc2cc(Cl)ccc2N1. The van der Waals surface area contributed by atoms with E-state index in [4.69, 9.17) is 11.6 Å². The molecule has 0 aromatic heterocycles. The Labute approximate surface area is 96.0 Å². The summed E-state index contributed by atoms with van der Waals surface area (Å²) < 4.78 is 0. The van der Waals surface area contributed by atoms with Gasteiger partial charge >= 0.3 is 0 Å². The van der Waals surface area contributed by atoms with Crippen LogP contribution in [0.5, 0.6) is 0 Å². The Kier molecular flexibility index (Phi) is 2.79. The maximum Gasteiger partial charge on any atom is 0.0591 e. The van der Waals surface area contributed by atoms with Crippen molar-refractivity contribution in [1.29, 1.82) is 0 Å². The highest BCUT2D eigenvalue weighted by molar-refractivity contribution is 6.31. The molecule has 0 aliphatic carbocycles. The van der Waals surface area contributed by atoms with Gasteiger partial charge in [0.15, 0.2) is 0 Å². The van der Waals surface area contributed by atoms with Crippen molar-refractivity contribution >= 4 is 23.0 Å². The predicted octanol–water partition coefficient (Wildman–Crippen LogP) is 3.74. The van der Waals surface area contributed by atoms with Crippen LogP contribution in [-0.4, -0.2) is 12.1 Å². The highest BCUT2D eigenvalue weighted by atomic mass is 35.5. The highest BCUT2D eigenvalue weighted by Gasteiger charge is 2.30. The van der Waals surface area contributed by atoms with E-state index in [9.17, 15) is 0 Å². The molecule has 1 aliphatic rings. The summed E-state index contributed by atoms with van der Waals surface area (Å²) in [5, 5.41) is 7.85. The number of rotatable bonds is 2. The van der Waals surface area contributed by atoms with Crippen LogP contribution in [0.4, 0.5) is 11.4 Å². The van der Waals surface area contributed by atoms with E-state index >= 15 is 0 Å². The van der Waals surface area contributed by atoms with Gasteiger partial charge in [0.1, 0.15) is 0 Å². The van der Waals surface area contributed by atoms with Crippen LogP contribution in [0.3, 0.4) is 0 Å². The third kappa shape index (κ3) is 1.91. The predicted molar refractivity (Wildman–Crippen MR) is 66.9 cm³/mol. The van der Waals surface area contributed by atoms with Crippen molar-refractivity contribution in [1.82, 2.24) is 0 Å². The number of benzene rings is 1. The first-order valence-corrected chi connectivity index (χ1v) is 5.88. The first kappa shape index (κ1) is 10.6. The lowest BCUT2D eigenvalue weighted by Gasteiger charge is -2.39. The zero-order valence-electron chi connectivity index (χ0n) is 9.23. The maximum atomic E-state index is 5.95. The first-order chi connectivity index (χ1) is 7.19. The lowest BCUT2D eigenvalue weighted by Crippen LogP contribution is -2.46. The fourth-order valence-electron chi connectivity index (χ4n) is 2.04. The lowest BCUT2D eigenvalue weighted by molar-refractivity contribution is 0.451. The lowest BCUT2D eigenvalue weighted by atomic mass is 9.90. The van der Waals surface area contributed by atoms with Crippen molar-refractivity contribution in [2.45, 2.75) is 32.2 Å². The molecule has 2 rings (SSSR count). The average Bonchev–Trinajstić information content (AvgIpc) is 2.28. The minimum atomic E-state index is 0.195. The largest absolute Gasteiger partial charge is 0.381 e. The Morgan fingerprint density at radius 1 is 1.27 bits per heavy atom. The molecular weight excluding hydrogens is 208 g/mol. The molecule has 1 aliphatic heterocycles. The summed E-state index contributed by atoms with van der Waals surface area (Å²) in [6, 6.07) is 5.94. The van der Waals surface area contributed by atoms with Crippen molar-refractivity contribution in [3.8, 4) is 0 Å². The molecule has 0 atom stereocenters. The standard InChI is InChI=1S/C12H17ClN2/c1-3-12(4-2)8-14-11-7-9(13)5-6-10(11)15-12/h5-7,14-15H,3-4,8H2,1-2H3. The third-order valence-corrected chi connectivity index (χ3v) is 3.59. The minimum Gasteiger partial charge on any atom is -0.381 e. The van der Waals surface area contributed by atoms with Crippen LogP contribution < -0.4 is 10.6 Å². The van der Waals surface area contributed by atoms with Crippen molar-refractivity contribution in [2.75, 3.05) is 17.2 Å². The zero-order valence-corrected chi connectivity index (χ0v) is 9.99. The maximum absolute atomic E-state index is 5.95. The molecule has 0 saturated heterocycles. The summed E-state index contributed by atoms with van der Waals surface area (Å²) in [5.41, 5.74) is 2.47. The van der Waals surface area contributed by atoms with Gasteiger partial charge < -0.3 is 10.6 Å². The van der Waals surface area contributed by atoms with Gasteiger partial charge in [-0.25, -0.2) is 0 Å². The number of nitrogens with one attached hydrogen (secondary N) is 2. The van der Waals surface area contributed by atoms with Gasteiger partial charge in [0.2, 0.25) is 0 Å². The molecule has 2 N–H and O–H groups in total.